The minimum atomic E-state index is 0.559. The van der Waals surface area contributed by atoms with E-state index in [2.05, 4.69) is 98.7 Å². The molecule has 7 nitrogen and oxygen atoms in total. The molecule has 1 aliphatic rings. The Labute approximate surface area is 202 Å². The molecule has 0 amide bonds. The van der Waals surface area contributed by atoms with Crippen molar-refractivity contribution in [3.63, 3.8) is 0 Å². The molecule has 1 saturated heterocycles. The number of rotatable bonds is 9. The Balaban J connectivity index is 1.19. The Kier molecular flexibility index (Phi) is 7.04. The lowest BCUT2D eigenvalue weighted by molar-refractivity contribution is 0.0536. The summed E-state index contributed by atoms with van der Waals surface area (Å²) in [5.41, 5.74) is 5.08. The predicted molar refractivity (Wildman–Crippen MR) is 137 cm³/mol. The second-order valence-corrected chi connectivity index (χ2v) is 9.69. The molecule has 2 aromatic carbocycles. The lowest BCUT2D eigenvalue weighted by atomic mass is 10.1. The van der Waals surface area contributed by atoms with Gasteiger partial charge in [0.2, 0.25) is 0 Å². The molecule has 0 bridgehead atoms. The predicted octanol–water partition coefficient (Wildman–Crippen LogP) is 3.43. The molecule has 0 radical (unpaired) electrons. The summed E-state index contributed by atoms with van der Waals surface area (Å²) in [6.07, 6.45) is 7.91. The minimum Gasteiger partial charge on any atom is -0.361 e. The maximum Gasteiger partial charge on any atom is 0.123 e. The van der Waals surface area contributed by atoms with Crippen LogP contribution in [0.25, 0.3) is 16.6 Å². The van der Waals surface area contributed by atoms with Crippen LogP contribution in [0.4, 0.5) is 0 Å². The SMILES string of the molecule is CN(C)CC1CN(CCCc2c[nH]c3ccc(-n4cnnc4)cc23)CCN1Cc1ccccc1. The van der Waals surface area contributed by atoms with Crippen LogP contribution in [-0.4, -0.2) is 87.3 Å². The first-order chi connectivity index (χ1) is 16.7. The quantitative estimate of drug-likeness (QED) is 0.417. The van der Waals surface area contributed by atoms with Gasteiger partial charge in [-0.3, -0.25) is 9.47 Å². The monoisotopic (exact) mass is 457 g/mol. The second-order valence-electron chi connectivity index (χ2n) is 9.69. The van der Waals surface area contributed by atoms with Gasteiger partial charge in [0.15, 0.2) is 0 Å². The topological polar surface area (TPSA) is 56.2 Å². The van der Waals surface area contributed by atoms with Crippen LogP contribution >= 0.6 is 0 Å². The number of aryl methyl sites for hydroxylation is 1. The molecule has 0 saturated carbocycles. The van der Waals surface area contributed by atoms with Crippen LogP contribution in [0.1, 0.15) is 17.5 Å². The molecule has 3 heterocycles. The molecular formula is C27H35N7. The second kappa shape index (κ2) is 10.5. The van der Waals surface area contributed by atoms with E-state index in [1.54, 1.807) is 12.7 Å². The smallest absolute Gasteiger partial charge is 0.123 e. The molecule has 0 spiro atoms. The average Bonchev–Trinajstić information content (AvgIpc) is 3.51. The first-order valence-corrected chi connectivity index (χ1v) is 12.3. The Morgan fingerprint density at radius 3 is 2.65 bits per heavy atom. The van der Waals surface area contributed by atoms with E-state index in [1.165, 1.54) is 22.0 Å². The van der Waals surface area contributed by atoms with Crippen molar-refractivity contribution in [2.75, 3.05) is 46.8 Å². The number of aromatic amines is 1. The molecule has 1 N–H and O–H groups in total. The third kappa shape index (κ3) is 5.38. The molecule has 7 heteroatoms. The third-order valence-corrected chi connectivity index (χ3v) is 6.88. The van der Waals surface area contributed by atoms with E-state index < -0.39 is 0 Å². The number of piperazine rings is 1. The van der Waals surface area contributed by atoms with Gasteiger partial charge in [0.1, 0.15) is 12.7 Å². The summed E-state index contributed by atoms with van der Waals surface area (Å²) >= 11 is 0. The van der Waals surface area contributed by atoms with Gasteiger partial charge in [-0.15, -0.1) is 10.2 Å². The first-order valence-electron chi connectivity index (χ1n) is 12.3. The lowest BCUT2D eigenvalue weighted by Crippen LogP contribution is -2.56. The highest BCUT2D eigenvalue weighted by Gasteiger charge is 2.27. The van der Waals surface area contributed by atoms with Gasteiger partial charge in [-0.1, -0.05) is 30.3 Å². The zero-order valence-electron chi connectivity index (χ0n) is 20.3. The molecule has 34 heavy (non-hydrogen) atoms. The summed E-state index contributed by atoms with van der Waals surface area (Å²) in [5.74, 6) is 0. The van der Waals surface area contributed by atoms with E-state index in [1.807, 2.05) is 4.57 Å². The van der Waals surface area contributed by atoms with Gasteiger partial charge >= 0.3 is 0 Å². The standard InChI is InChI=1S/C27H35N7/c1-31(2)18-25-19-32(13-14-33(25)17-22-7-4-3-5-8-22)12-6-9-23-16-28-27-11-10-24(15-26(23)27)34-20-29-30-21-34/h3-5,7-8,10-11,15-16,20-21,25,28H,6,9,12-14,17-19H2,1-2H3. The highest BCUT2D eigenvalue weighted by molar-refractivity contribution is 5.85. The van der Waals surface area contributed by atoms with Crippen LogP contribution in [0, 0.1) is 0 Å². The Morgan fingerprint density at radius 1 is 1.03 bits per heavy atom. The van der Waals surface area contributed by atoms with Crippen LogP contribution in [0.15, 0.2) is 67.4 Å². The summed E-state index contributed by atoms with van der Waals surface area (Å²) < 4.78 is 1.95. The average molecular weight is 458 g/mol. The van der Waals surface area contributed by atoms with Gasteiger partial charge in [-0.05, 0) is 62.8 Å². The molecule has 0 aliphatic carbocycles. The van der Waals surface area contributed by atoms with Crippen molar-refractivity contribution in [3.8, 4) is 5.69 Å². The fraction of sp³-hybridized carbons (Fsp3) is 0.407. The summed E-state index contributed by atoms with van der Waals surface area (Å²) in [6.45, 7) is 6.68. The van der Waals surface area contributed by atoms with Crippen molar-refractivity contribution in [1.29, 1.82) is 0 Å². The normalized spacial score (nSPS) is 17.7. The van der Waals surface area contributed by atoms with Crippen molar-refractivity contribution >= 4 is 10.9 Å². The zero-order chi connectivity index (χ0) is 23.3. The molecule has 5 rings (SSSR count). The molecule has 1 fully saturated rings. The number of nitrogens with one attached hydrogen (secondary N) is 1. The van der Waals surface area contributed by atoms with Crippen LogP contribution in [0.2, 0.25) is 0 Å². The Morgan fingerprint density at radius 2 is 1.85 bits per heavy atom. The van der Waals surface area contributed by atoms with Crippen LogP contribution < -0.4 is 0 Å². The van der Waals surface area contributed by atoms with Crippen LogP contribution in [0.5, 0.6) is 0 Å². The van der Waals surface area contributed by atoms with E-state index in [9.17, 15) is 0 Å². The number of hydrogen-bond donors (Lipinski definition) is 1. The summed E-state index contributed by atoms with van der Waals surface area (Å²) in [4.78, 5) is 11.1. The molecule has 178 valence electrons. The maximum atomic E-state index is 3.94. The number of fused-ring (bicyclic) bond motifs is 1. The van der Waals surface area contributed by atoms with E-state index in [0.29, 0.717) is 6.04 Å². The number of likely N-dealkylation sites (N-methyl/N-ethyl adjacent to an activating group) is 1. The van der Waals surface area contributed by atoms with E-state index in [0.717, 1.165) is 57.8 Å². The highest BCUT2D eigenvalue weighted by Crippen LogP contribution is 2.23. The number of hydrogen-bond acceptors (Lipinski definition) is 5. The van der Waals surface area contributed by atoms with Gasteiger partial charge in [0.05, 0.1) is 0 Å². The van der Waals surface area contributed by atoms with E-state index in [4.69, 9.17) is 0 Å². The summed E-state index contributed by atoms with van der Waals surface area (Å²) in [5, 5.41) is 9.17. The molecule has 1 aliphatic heterocycles. The van der Waals surface area contributed by atoms with Crippen molar-refractivity contribution in [1.82, 2.24) is 34.4 Å². The lowest BCUT2D eigenvalue weighted by Gasteiger charge is -2.42. The van der Waals surface area contributed by atoms with E-state index >= 15 is 0 Å². The largest absolute Gasteiger partial charge is 0.361 e. The third-order valence-electron chi connectivity index (χ3n) is 6.88. The number of aromatic nitrogens is 4. The molecule has 1 unspecified atom stereocenters. The Bertz CT molecular complexity index is 1170. The maximum absolute atomic E-state index is 3.94. The fourth-order valence-corrected chi connectivity index (χ4v) is 5.14. The molecular weight excluding hydrogens is 422 g/mol. The van der Waals surface area contributed by atoms with Gasteiger partial charge < -0.3 is 14.8 Å². The summed E-state index contributed by atoms with van der Waals surface area (Å²) in [7, 11) is 4.37. The van der Waals surface area contributed by atoms with Crippen molar-refractivity contribution < 1.29 is 0 Å². The highest BCUT2D eigenvalue weighted by atomic mass is 15.3. The van der Waals surface area contributed by atoms with Crippen molar-refractivity contribution in [2.45, 2.75) is 25.4 Å². The van der Waals surface area contributed by atoms with Gasteiger partial charge in [0, 0.05) is 61.6 Å². The summed E-state index contributed by atoms with van der Waals surface area (Å²) in [6, 6.07) is 17.9. The van der Waals surface area contributed by atoms with Gasteiger partial charge in [0.25, 0.3) is 0 Å². The number of benzene rings is 2. The van der Waals surface area contributed by atoms with E-state index in [-0.39, 0.29) is 0 Å². The molecule has 4 aromatic rings. The van der Waals surface area contributed by atoms with Crippen molar-refractivity contribution in [2.24, 2.45) is 0 Å². The minimum absolute atomic E-state index is 0.559. The first kappa shape index (κ1) is 22.8. The van der Waals surface area contributed by atoms with Gasteiger partial charge in [-0.25, -0.2) is 0 Å². The van der Waals surface area contributed by atoms with Gasteiger partial charge in [-0.2, -0.15) is 0 Å². The molecule has 2 aromatic heterocycles. The molecule has 1 atom stereocenters. The number of nitrogens with zero attached hydrogens (tertiary/aromatic N) is 6. The fourth-order valence-electron chi connectivity index (χ4n) is 5.14. The van der Waals surface area contributed by atoms with Crippen LogP contribution in [-0.2, 0) is 13.0 Å². The Hall–Kier alpha value is -3.00. The zero-order valence-corrected chi connectivity index (χ0v) is 20.3. The van der Waals surface area contributed by atoms with Crippen molar-refractivity contribution in [3.05, 3.63) is 78.5 Å². The van der Waals surface area contributed by atoms with Crippen LogP contribution in [0.3, 0.4) is 0 Å². The number of H-pyrrole nitrogens is 1.